The van der Waals surface area contributed by atoms with Gasteiger partial charge >= 0.3 is 0 Å². The van der Waals surface area contributed by atoms with Crippen molar-refractivity contribution in [3.05, 3.63) is 23.8 Å². The molecule has 0 bridgehead atoms. The van der Waals surface area contributed by atoms with Crippen LogP contribution in [0.25, 0.3) is 0 Å². The molecule has 1 saturated heterocycles. The van der Waals surface area contributed by atoms with E-state index in [1.807, 2.05) is 17.8 Å². The fraction of sp³-hybridized carbons (Fsp3) is 0.538. The minimum atomic E-state index is 0.494. The molecule has 1 aliphatic rings. The molecule has 0 aromatic heterocycles. The topological polar surface area (TPSA) is 35.2 Å². The number of aryl methyl sites for hydroxylation is 1. The highest BCUT2D eigenvalue weighted by molar-refractivity contribution is 7.99. The zero-order valence-electron chi connectivity index (χ0n) is 9.74. The molecule has 0 saturated carbocycles. The third-order valence-electron chi connectivity index (χ3n) is 2.93. The van der Waals surface area contributed by atoms with Gasteiger partial charge in [-0.25, -0.2) is 0 Å². The molecule has 16 heavy (non-hydrogen) atoms. The lowest BCUT2D eigenvalue weighted by molar-refractivity contribution is 0.109. The molecule has 1 heterocycles. The second kappa shape index (κ2) is 5.60. The van der Waals surface area contributed by atoms with Gasteiger partial charge in [-0.15, -0.1) is 11.8 Å². The van der Waals surface area contributed by atoms with Gasteiger partial charge in [0.15, 0.2) is 0 Å². The molecule has 1 aromatic rings. The predicted octanol–water partition coefficient (Wildman–Crippen LogP) is 3.24. The van der Waals surface area contributed by atoms with E-state index in [9.17, 15) is 0 Å². The van der Waals surface area contributed by atoms with Gasteiger partial charge in [-0.3, -0.25) is 0 Å². The highest BCUT2D eigenvalue weighted by Gasteiger charge is 2.14. The fourth-order valence-corrected chi connectivity index (χ4v) is 3.06. The molecule has 1 atom stereocenters. The average Bonchev–Trinajstić information content (AvgIpc) is 2.76. The maximum Gasteiger partial charge on any atom is 0.0584 e. The highest BCUT2D eigenvalue weighted by atomic mass is 32.2. The van der Waals surface area contributed by atoms with E-state index in [0.717, 1.165) is 24.5 Å². The van der Waals surface area contributed by atoms with Crippen molar-refractivity contribution in [3.63, 3.8) is 0 Å². The molecule has 0 radical (unpaired) electrons. The number of nitrogens with two attached hydrogens (primary N) is 1. The Kier molecular flexibility index (Phi) is 4.13. The molecular formula is C13H19NOS. The van der Waals surface area contributed by atoms with Crippen molar-refractivity contribution in [2.24, 2.45) is 0 Å². The van der Waals surface area contributed by atoms with Crippen LogP contribution in [0.5, 0.6) is 0 Å². The van der Waals surface area contributed by atoms with E-state index in [4.69, 9.17) is 10.5 Å². The summed E-state index contributed by atoms with van der Waals surface area (Å²) in [6.45, 7) is 3.08. The zero-order valence-corrected chi connectivity index (χ0v) is 10.6. The Balaban J connectivity index is 1.82. The molecule has 1 fully saturated rings. The summed E-state index contributed by atoms with van der Waals surface area (Å²) < 4.78 is 5.61. The minimum Gasteiger partial charge on any atom is -0.399 e. The normalized spacial score (nSPS) is 20.2. The Bertz CT molecular complexity index is 348. The van der Waals surface area contributed by atoms with Crippen LogP contribution in [0, 0.1) is 6.92 Å². The van der Waals surface area contributed by atoms with Gasteiger partial charge in [0, 0.05) is 22.9 Å². The molecule has 2 rings (SSSR count). The largest absolute Gasteiger partial charge is 0.399 e. The molecule has 3 heteroatoms. The Labute approximate surface area is 102 Å². The van der Waals surface area contributed by atoms with E-state index >= 15 is 0 Å². The summed E-state index contributed by atoms with van der Waals surface area (Å²) in [5.74, 6) is 1.12. The van der Waals surface area contributed by atoms with Crippen molar-refractivity contribution in [2.45, 2.75) is 37.2 Å². The van der Waals surface area contributed by atoms with Gasteiger partial charge in [-0.05, 0) is 43.9 Å². The minimum absolute atomic E-state index is 0.494. The Morgan fingerprint density at radius 2 is 2.38 bits per heavy atom. The van der Waals surface area contributed by atoms with Crippen LogP contribution in [0.3, 0.4) is 0 Å². The number of hydrogen-bond donors (Lipinski definition) is 1. The van der Waals surface area contributed by atoms with Crippen molar-refractivity contribution in [1.29, 1.82) is 0 Å². The molecule has 88 valence electrons. The van der Waals surface area contributed by atoms with Crippen LogP contribution in [0.2, 0.25) is 0 Å². The third kappa shape index (κ3) is 3.16. The quantitative estimate of drug-likeness (QED) is 0.645. The summed E-state index contributed by atoms with van der Waals surface area (Å²) in [7, 11) is 0. The standard InChI is InChI=1S/C13H19NOS/c1-10-4-5-11(14)9-13(10)16-8-6-12-3-2-7-15-12/h4-5,9,12H,2-3,6-8,14H2,1H3. The van der Waals surface area contributed by atoms with Crippen LogP contribution in [0.15, 0.2) is 23.1 Å². The molecule has 2 N–H and O–H groups in total. The number of rotatable bonds is 4. The summed E-state index contributed by atoms with van der Waals surface area (Å²) in [5, 5.41) is 0. The first-order valence-corrected chi connectivity index (χ1v) is 6.85. The van der Waals surface area contributed by atoms with Crippen molar-refractivity contribution in [2.75, 3.05) is 18.1 Å². The predicted molar refractivity (Wildman–Crippen MR) is 69.9 cm³/mol. The van der Waals surface area contributed by atoms with Gasteiger partial charge in [0.1, 0.15) is 0 Å². The number of benzene rings is 1. The lowest BCUT2D eigenvalue weighted by Gasteiger charge is -2.10. The maximum absolute atomic E-state index is 5.78. The Morgan fingerprint density at radius 1 is 1.50 bits per heavy atom. The maximum atomic E-state index is 5.78. The van der Waals surface area contributed by atoms with Crippen molar-refractivity contribution >= 4 is 17.4 Å². The number of anilines is 1. The highest BCUT2D eigenvalue weighted by Crippen LogP contribution is 2.27. The number of nitrogen functional groups attached to an aromatic ring is 1. The Morgan fingerprint density at radius 3 is 3.12 bits per heavy atom. The SMILES string of the molecule is Cc1ccc(N)cc1SCCC1CCCO1. The van der Waals surface area contributed by atoms with E-state index in [2.05, 4.69) is 19.1 Å². The molecule has 0 aliphatic carbocycles. The summed E-state index contributed by atoms with van der Waals surface area (Å²) in [6.07, 6.45) is 4.11. The van der Waals surface area contributed by atoms with Gasteiger partial charge in [-0.2, -0.15) is 0 Å². The summed E-state index contributed by atoms with van der Waals surface area (Å²) in [5.41, 5.74) is 7.95. The van der Waals surface area contributed by atoms with Gasteiger partial charge in [-0.1, -0.05) is 6.07 Å². The Hall–Kier alpha value is -0.670. The first-order valence-electron chi connectivity index (χ1n) is 5.86. The lowest BCUT2D eigenvalue weighted by Crippen LogP contribution is -2.05. The van der Waals surface area contributed by atoms with Crippen LogP contribution < -0.4 is 5.73 Å². The first-order chi connectivity index (χ1) is 7.75. The zero-order chi connectivity index (χ0) is 11.4. The van der Waals surface area contributed by atoms with Gasteiger partial charge in [0.05, 0.1) is 6.10 Å². The monoisotopic (exact) mass is 237 g/mol. The van der Waals surface area contributed by atoms with E-state index in [1.54, 1.807) is 0 Å². The van der Waals surface area contributed by atoms with Gasteiger partial charge < -0.3 is 10.5 Å². The smallest absolute Gasteiger partial charge is 0.0584 e. The molecule has 0 amide bonds. The van der Waals surface area contributed by atoms with Crippen molar-refractivity contribution in [3.8, 4) is 0 Å². The summed E-state index contributed by atoms with van der Waals surface area (Å²) >= 11 is 1.89. The lowest BCUT2D eigenvalue weighted by atomic mass is 10.2. The summed E-state index contributed by atoms with van der Waals surface area (Å²) in [4.78, 5) is 1.30. The van der Waals surface area contributed by atoms with Crippen molar-refractivity contribution < 1.29 is 4.74 Å². The molecular weight excluding hydrogens is 218 g/mol. The molecule has 1 aliphatic heterocycles. The fourth-order valence-electron chi connectivity index (χ4n) is 1.94. The van der Waals surface area contributed by atoms with Gasteiger partial charge in [0.25, 0.3) is 0 Å². The van der Waals surface area contributed by atoms with Crippen molar-refractivity contribution in [1.82, 2.24) is 0 Å². The molecule has 0 spiro atoms. The van der Waals surface area contributed by atoms with E-state index in [-0.39, 0.29) is 0 Å². The van der Waals surface area contributed by atoms with E-state index in [0.29, 0.717) is 6.10 Å². The average molecular weight is 237 g/mol. The number of hydrogen-bond acceptors (Lipinski definition) is 3. The van der Waals surface area contributed by atoms with E-state index in [1.165, 1.54) is 23.3 Å². The number of ether oxygens (including phenoxy) is 1. The third-order valence-corrected chi connectivity index (χ3v) is 4.12. The van der Waals surface area contributed by atoms with Crippen LogP contribution in [-0.2, 0) is 4.74 Å². The molecule has 1 aromatic carbocycles. The number of thioether (sulfide) groups is 1. The second-order valence-corrected chi connectivity index (χ2v) is 5.43. The van der Waals surface area contributed by atoms with Crippen LogP contribution in [0.1, 0.15) is 24.8 Å². The summed E-state index contributed by atoms with van der Waals surface area (Å²) in [6, 6.07) is 6.11. The van der Waals surface area contributed by atoms with Crippen LogP contribution in [0.4, 0.5) is 5.69 Å². The van der Waals surface area contributed by atoms with Gasteiger partial charge in [0.2, 0.25) is 0 Å². The second-order valence-electron chi connectivity index (χ2n) is 4.30. The van der Waals surface area contributed by atoms with Crippen LogP contribution in [-0.4, -0.2) is 18.5 Å². The molecule has 1 unspecified atom stereocenters. The molecule has 2 nitrogen and oxygen atoms in total. The van der Waals surface area contributed by atoms with Crippen LogP contribution >= 0.6 is 11.8 Å². The first kappa shape index (κ1) is 11.8. The van der Waals surface area contributed by atoms with E-state index < -0.39 is 0 Å².